The van der Waals surface area contributed by atoms with E-state index in [1.54, 1.807) is 38.1 Å². The largest absolute Gasteiger partial charge is 0.492 e. The van der Waals surface area contributed by atoms with Gasteiger partial charge in [0.25, 0.3) is 5.91 Å². The number of rotatable bonds is 8. The summed E-state index contributed by atoms with van der Waals surface area (Å²) in [6.07, 6.45) is -0.854. The maximum absolute atomic E-state index is 13.0. The molecule has 31 heavy (non-hydrogen) atoms. The Balaban J connectivity index is 1.81. The van der Waals surface area contributed by atoms with Crippen LogP contribution in [0.4, 0.5) is 5.69 Å². The molecule has 1 fully saturated rings. The molecule has 2 aromatic rings. The number of halogens is 1. The second-order valence-electron chi connectivity index (χ2n) is 6.81. The molecular formula is C21H25ClN2O6S. The van der Waals surface area contributed by atoms with Crippen LogP contribution in [0.2, 0.25) is 5.02 Å². The lowest BCUT2D eigenvalue weighted by molar-refractivity contribution is -0.122. The van der Waals surface area contributed by atoms with E-state index >= 15 is 0 Å². The molecule has 0 saturated carbocycles. The number of amides is 1. The third-order valence-electron chi connectivity index (χ3n) is 4.59. The molecule has 1 aliphatic rings. The van der Waals surface area contributed by atoms with E-state index in [0.29, 0.717) is 36.3 Å². The van der Waals surface area contributed by atoms with Gasteiger partial charge in [0.05, 0.1) is 30.4 Å². The van der Waals surface area contributed by atoms with Gasteiger partial charge in [-0.3, -0.25) is 4.79 Å². The van der Waals surface area contributed by atoms with Crippen LogP contribution >= 0.6 is 11.6 Å². The summed E-state index contributed by atoms with van der Waals surface area (Å²) in [6, 6.07) is 11.1. The van der Waals surface area contributed by atoms with Gasteiger partial charge in [-0.25, -0.2) is 8.42 Å². The highest BCUT2D eigenvalue weighted by Crippen LogP contribution is 2.30. The molecule has 0 aliphatic carbocycles. The highest BCUT2D eigenvalue weighted by atomic mass is 35.5. The molecule has 2 aromatic carbocycles. The molecular weight excluding hydrogens is 444 g/mol. The topological polar surface area (TPSA) is 94.2 Å². The average Bonchev–Trinajstić information content (AvgIpc) is 2.75. The molecule has 1 amide bonds. The lowest BCUT2D eigenvalue weighted by atomic mass is 10.2. The van der Waals surface area contributed by atoms with Crippen molar-refractivity contribution in [2.45, 2.75) is 24.8 Å². The first kappa shape index (κ1) is 23.3. The summed E-state index contributed by atoms with van der Waals surface area (Å²) in [4.78, 5) is 12.8. The van der Waals surface area contributed by atoms with E-state index in [9.17, 15) is 13.2 Å². The maximum Gasteiger partial charge on any atom is 0.265 e. The molecule has 0 bridgehead atoms. The van der Waals surface area contributed by atoms with Crippen LogP contribution in [0.25, 0.3) is 0 Å². The molecule has 0 aromatic heterocycles. The number of hydrogen-bond acceptors (Lipinski definition) is 6. The monoisotopic (exact) mass is 468 g/mol. The van der Waals surface area contributed by atoms with Crippen molar-refractivity contribution in [2.24, 2.45) is 0 Å². The third kappa shape index (κ3) is 5.88. The first-order valence-electron chi connectivity index (χ1n) is 9.89. The molecule has 3 rings (SSSR count). The van der Waals surface area contributed by atoms with Crippen molar-refractivity contribution < 1.29 is 27.4 Å². The van der Waals surface area contributed by atoms with Crippen molar-refractivity contribution in [3.63, 3.8) is 0 Å². The lowest BCUT2D eigenvalue weighted by Crippen LogP contribution is -2.40. The standard InChI is InChI=1S/C21H25ClN2O6S/c1-3-29-20-8-7-18(31(26,27)24-9-11-28-12-10-24)14-19(20)23-21(25)15(2)30-17-6-4-5-16(22)13-17/h4-8,13-15H,3,9-12H2,1-2H3,(H,23,25). The normalized spacial score (nSPS) is 15.8. The van der Waals surface area contributed by atoms with E-state index in [1.165, 1.54) is 22.5 Å². The predicted molar refractivity (Wildman–Crippen MR) is 117 cm³/mol. The van der Waals surface area contributed by atoms with E-state index < -0.39 is 22.0 Å². The summed E-state index contributed by atoms with van der Waals surface area (Å²) >= 11 is 5.95. The van der Waals surface area contributed by atoms with Gasteiger partial charge in [-0.05, 0) is 50.2 Å². The van der Waals surface area contributed by atoms with E-state index in [2.05, 4.69) is 5.32 Å². The summed E-state index contributed by atoms with van der Waals surface area (Å²) in [6.45, 7) is 4.99. The van der Waals surface area contributed by atoms with Crippen LogP contribution in [-0.4, -0.2) is 57.6 Å². The van der Waals surface area contributed by atoms with E-state index in [1.807, 2.05) is 0 Å². The summed E-state index contributed by atoms with van der Waals surface area (Å²) < 4.78 is 43.8. The predicted octanol–water partition coefficient (Wildman–Crippen LogP) is 3.17. The minimum absolute atomic E-state index is 0.0663. The molecule has 1 aliphatic heterocycles. The summed E-state index contributed by atoms with van der Waals surface area (Å²) in [5.41, 5.74) is 0.253. The summed E-state index contributed by atoms with van der Waals surface area (Å²) in [7, 11) is -3.73. The number of hydrogen-bond donors (Lipinski definition) is 1. The number of carbonyl (C=O) groups excluding carboxylic acids is 1. The molecule has 1 heterocycles. The van der Waals surface area contributed by atoms with Gasteiger partial charge in [-0.1, -0.05) is 17.7 Å². The van der Waals surface area contributed by atoms with Crippen molar-refractivity contribution in [1.29, 1.82) is 0 Å². The van der Waals surface area contributed by atoms with Gasteiger partial charge < -0.3 is 19.5 Å². The highest BCUT2D eigenvalue weighted by Gasteiger charge is 2.27. The minimum atomic E-state index is -3.73. The van der Waals surface area contributed by atoms with Gasteiger partial charge >= 0.3 is 0 Å². The number of sulfonamides is 1. The van der Waals surface area contributed by atoms with Crippen LogP contribution in [0.3, 0.4) is 0 Å². The molecule has 10 heteroatoms. The number of benzene rings is 2. The maximum atomic E-state index is 13.0. The van der Waals surface area contributed by atoms with Gasteiger partial charge in [0.1, 0.15) is 11.5 Å². The molecule has 1 saturated heterocycles. The summed E-state index contributed by atoms with van der Waals surface area (Å²) in [5, 5.41) is 3.21. The Labute approximate surface area is 187 Å². The lowest BCUT2D eigenvalue weighted by Gasteiger charge is -2.26. The van der Waals surface area contributed by atoms with E-state index in [0.717, 1.165) is 0 Å². The fourth-order valence-electron chi connectivity index (χ4n) is 3.02. The van der Waals surface area contributed by atoms with Crippen LogP contribution in [0.15, 0.2) is 47.4 Å². The van der Waals surface area contributed by atoms with Gasteiger partial charge in [-0.15, -0.1) is 0 Å². The Morgan fingerprint density at radius 2 is 1.97 bits per heavy atom. The van der Waals surface area contributed by atoms with Crippen molar-refractivity contribution in [2.75, 3.05) is 38.2 Å². The Morgan fingerprint density at radius 3 is 2.65 bits per heavy atom. The van der Waals surface area contributed by atoms with Crippen molar-refractivity contribution in [3.8, 4) is 11.5 Å². The third-order valence-corrected chi connectivity index (χ3v) is 6.72. The number of anilines is 1. The summed E-state index contributed by atoms with van der Waals surface area (Å²) in [5.74, 6) is 0.359. The van der Waals surface area contributed by atoms with Crippen LogP contribution in [-0.2, 0) is 19.6 Å². The number of nitrogens with one attached hydrogen (secondary N) is 1. The first-order chi connectivity index (χ1) is 14.8. The van der Waals surface area contributed by atoms with Gasteiger partial charge in [0.2, 0.25) is 10.0 Å². The fraction of sp³-hybridized carbons (Fsp3) is 0.381. The zero-order chi connectivity index (χ0) is 22.4. The minimum Gasteiger partial charge on any atom is -0.492 e. The van der Waals surface area contributed by atoms with Crippen molar-refractivity contribution in [3.05, 3.63) is 47.5 Å². The quantitative estimate of drug-likeness (QED) is 0.639. The van der Waals surface area contributed by atoms with Gasteiger partial charge in [0.15, 0.2) is 6.10 Å². The molecule has 1 N–H and O–H groups in total. The van der Waals surface area contributed by atoms with Crippen LogP contribution in [0.1, 0.15) is 13.8 Å². The molecule has 1 unspecified atom stereocenters. The first-order valence-corrected chi connectivity index (χ1v) is 11.7. The van der Waals surface area contributed by atoms with Crippen molar-refractivity contribution in [1.82, 2.24) is 4.31 Å². The Kier molecular flexibility index (Phi) is 7.77. The number of morpholine rings is 1. The second kappa shape index (κ2) is 10.3. The molecule has 0 radical (unpaired) electrons. The number of ether oxygens (including phenoxy) is 3. The average molecular weight is 469 g/mol. The Bertz CT molecular complexity index is 1020. The zero-order valence-corrected chi connectivity index (χ0v) is 18.9. The second-order valence-corrected chi connectivity index (χ2v) is 9.19. The highest BCUT2D eigenvalue weighted by molar-refractivity contribution is 7.89. The van der Waals surface area contributed by atoms with E-state index in [4.69, 9.17) is 25.8 Å². The van der Waals surface area contributed by atoms with Crippen LogP contribution in [0.5, 0.6) is 11.5 Å². The SMILES string of the molecule is CCOc1ccc(S(=O)(=O)N2CCOCC2)cc1NC(=O)C(C)Oc1cccc(Cl)c1. The van der Waals surface area contributed by atoms with Crippen molar-refractivity contribution >= 4 is 33.2 Å². The fourth-order valence-corrected chi connectivity index (χ4v) is 4.63. The number of nitrogens with zero attached hydrogens (tertiary/aromatic N) is 1. The zero-order valence-electron chi connectivity index (χ0n) is 17.3. The Hall–Kier alpha value is -2.33. The Morgan fingerprint density at radius 1 is 1.23 bits per heavy atom. The molecule has 8 nitrogen and oxygen atoms in total. The van der Waals surface area contributed by atoms with Gasteiger partial charge in [-0.2, -0.15) is 4.31 Å². The molecule has 168 valence electrons. The van der Waals surface area contributed by atoms with Crippen LogP contribution in [0, 0.1) is 0 Å². The van der Waals surface area contributed by atoms with E-state index in [-0.39, 0.29) is 23.7 Å². The van der Waals surface area contributed by atoms with Gasteiger partial charge in [0, 0.05) is 18.1 Å². The molecule has 1 atom stereocenters. The smallest absolute Gasteiger partial charge is 0.265 e. The number of carbonyl (C=O) groups is 1. The molecule has 0 spiro atoms. The van der Waals surface area contributed by atoms with Crippen LogP contribution < -0.4 is 14.8 Å².